The number of hydrogen-bond acceptors (Lipinski definition) is 4. The van der Waals surface area contributed by atoms with Crippen molar-refractivity contribution >= 4 is 23.4 Å². The highest BCUT2D eigenvalue weighted by Crippen LogP contribution is 2.17. The summed E-state index contributed by atoms with van der Waals surface area (Å²) >= 11 is 7.56. The predicted octanol–water partition coefficient (Wildman–Crippen LogP) is 3.51. The minimum absolute atomic E-state index is 0.0439. The molecule has 6 heteroatoms. The number of nitrogens with zero attached hydrogens (tertiary/aromatic N) is 2. The fourth-order valence-electron chi connectivity index (χ4n) is 2.87. The van der Waals surface area contributed by atoms with Crippen molar-refractivity contribution in [3.8, 4) is 0 Å². The van der Waals surface area contributed by atoms with Gasteiger partial charge in [0.1, 0.15) is 0 Å². The van der Waals surface area contributed by atoms with E-state index in [9.17, 15) is 4.79 Å². The topological polar surface area (TPSA) is 49.0 Å². The van der Waals surface area contributed by atoms with E-state index in [1.165, 1.54) is 25.9 Å². The average molecular weight is 364 g/mol. The maximum atomic E-state index is 12.2. The third-order valence-corrected chi connectivity index (χ3v) is 5.47. The van der Waals surface area contributed by atoms with E-state index < -0.39 is 0 Å². The second-order valence-electron chi connectivity index (χ2n) is 6.14. The number of nitrogens with one attached hydrogen (secondary N) is 1. The number of likely N-dealkylation sites (tertiary alicyclic amines) is 1. The Hall–Kier alpha value is -1.30. The Bertz CT molecular complexity index is 739. The Balaban J connectivity index is 1.68. The van der Waals surface area contributed by atoms with Gasteiger partial charge in [-0.1, -0.05) is 35.5 Å². The van der Waals surface area contributed by atoms with Crippen LogP contribution < -0.4 is 5.56 Å². The lowest BCUT2D eigenvalue weighted by molar-refractivity contribution is 0.362. The molecule has 24 heavy (non-hydrogen) atoms. The van der Waals surface area contributed by atoms with Crippen LogP contribution in [0.2, 0.25) is 5.02 Å². The van der Waals surface area contributed by atoms with E-state index in [1.54, 1.807) is 11.8 Å². The van der Waals surface area contributed by atoms with Gasteiger partial charge >= 0.3 is 0 Å². The summed E-state index contributed by atoms with van der Waals surface area (Å²) in [6.07, 6.45) is 3.25. The molecule has 1 aliphatic rings. The smallest absolute Gasteiger partial charge is 0.254 e. The van der Waals surface area contributed by atoms with Gasteiger partial charge in [-0.25, -0.2) is 4.98 Å². The zero-order valence-corrected chi connectivity index (χ0v) is 15.4. The summed E-state index contributed by atoms with van der Waals surface area (Å²) in [6, 6.07) is 7.69. The van der Waals surface area contributed by atoms with Gasteiger partial charge in [0.2, 0.25) is 0 Å². The van der Waals surface area contributed by atoms with E-state index in [1.807, 2.05) is 31.2 Å². The van der Waals surface area contributed by atoms with Gasteiger partial charge in [-0.3, -0.25) is 4.79 Å². The third kappa shape index (κ3) is 4.62. The molecule has 3 rings (SSSR count). The highest BCUT2D eigenvalue weighted by Gasteiger charge is 2.12. The number of thioether (sulfide) groups is 1. The zero-order valence-electron chi connectivity index (χ0n) is 13.8. The first-order chi connectivity index (χ1) is 11.6. The van der Waals surface area contributed by atoms with Crippen molar-refractivity contribution in [2.75, 3.05) is 25.4 Å². The first-order valence-electron chi connectivity index (χ1n) is 8.31. The first kappa shape index (κ1) is 17.5. The Kier molecular flexibility index (Phi) is 5.98. The first-order valence-corrected chi connectivity index (χ1v) is 9.67. The van der Waals surface area contributed by atoms with Gasteiger partial charge in [-0.15, -0.1) is 0 Å². The van der Waals surface area contributed by atoms with Crippen LogP contribution in [0.4, 0.5) is 0 Å². The summed E-state index contributed by atoms with van der Waals surface area (Å²) in [5.41, 5.74) is 2.59. The van der Waals surface area contributed by atoms with Gasteiger partial charge < -0.3 is 9.88 Å². The molecule has 1 N–H and O–H groups in total. The quantitative estimate of drug-likeness (QED) is 0.630. The summed E-state index contributed by atoms with van der Waals surface area (Å²) in [6.45, 7) is 5.27. The molecule has 1 saturated heterocycles. The van der Waals surface area contributed by atoms with Gasteiger partial charge in [0.05, 0.1) is 5.69 Å². The molecule has 1 fully saturated rings. The van der Waals surface area contributed by atoms with Gasteiger partial charge in [0, 0.05) is 29.3 Å². The monoisotopic (exact) mass is 363 g/mol. The second-order valence-corrected chi connectivity index (χ2v) is 7.66. The van der Waals surface area contributed by atoms with Crippen LogP contribution in [0.1, 0.15) is 29.7 Å². The predicted molar refractivity (Wildman–Crippen MR) is 100 cm³/mol. The maximum Gasteiger partial charge on any atom is 0.254 e. The van der Waals surface area contributed by atoms with E-state index in [2.05, 4.69) is 14.9 Å². The number of aromatic nitrogens is 2. The van der Waals surface area contributed by atoms with Crippen LogP contribution in [0, 0.1) is 6.92 Å². The standard InChI is InChI=1S/C18H22ClN3OS/c1-13-16(12-14-4-6-15(19)7-5-14)20-18(21-17(13)23)24-11-10-22-8-2-3-9-22/h4-7H,2-3,8-12H2,1H3,(H,20,21,23). The molecule has 0 amide bonds. The molecule has 2 aromatic rings. The number of hydrogen-bond donors (Lipinski definition) is 1. The Labute approximate surface area is 151 Å². The highest BCUT2D eigenvalue weighted by molar-refractivity contribution is 7.99. The summed E-state index contributed by atoms with van der Waals surface area (Å²) in [7, 11) is 0. The fraction of sp³-hybridized carbons (Fsp3) is 0.444. The van der Waals surface area contributed by atoms with E-state index in [0.29, 0.717) is 22.2 Å². The molecule has 1 aromatic carbocycles. The third-order valence-electron chi connectivity index (χ3n) is 4.36. The molecular formula is C18H22ClN3OS. The van der Waals surface area contributed by atoms with Crippen LogP contribution in [0.3, 0.4) is 0 Å². The van der Waals surface area contributed by atoms with Gasteiger partial charge in [0.25, 0.3) is 5.56 Å². The number of aromatic amines is 1. The molecule has 0 unspecified atom stereocenters. The summed E-state index contributed by atoms with van der Waals surface area (Å²) in [4.78, 5) is 22.2. The summed E-state index contributed by atoms with van der Waals surface area (Å²) < 4.78 is 0. The number of halogens is 1. The Morgan fingerprint density at radius 1 is 1.25 bits per heavy atom. The summed E-state index contributed by atoms with van der Waals surface area (Å²) in [5, 5.41) is 1.43. The lowest BCUT2D eigenvalue weighted by Gasteiger charge is -2.13. The molecule has 0 bridgehead atoms. The lowest BCUT2D eigenvalue weighted by atomic mass is 10.1. The number of H-pyrrole nitrogens is 1. The van der Waals surface area contributed by atoms with Crippen molar-refractivity contribution in [3.05, 3.63) is 56.5 Å². The molecule has 0 atom stereocenters. The minimum Gasteiger partial charge on any atom is -0.303 e. The van der Waals surface area contributed by atoms with Crippen molar-refractivity contribution in [1.82, 2.24) is 14.9 Å². The molecule has 0 saturated carbocycles. The van der Waals surface area contributed by atoms with E-state index >= 15 is 0 Å². The van der Waals surface area contributed by atoms with Crippen LogP contribution in [0.5, 0.6) is 0 Å². The maximum absolute atomic E-state index is 12.2. The van der Waals surface area contributed by atoms with E-state index in [4.69, 9.17) is 11.6 Å². The van der Waals surface area contributed by atoms with Crippen LogP contribution in [0.25, 0.3) is 0 Å². The molecule has 2 heterocycles. The Morgan fingerprint density at radius 2 is 1.96 bits per heavy atom. The minimum atomic E-state index is -0.0439. The molecular weight excluding hydrogens is 342 g/mol. The van der Waals surface area contributed by atoms with Crippen molar-refractivity contribution in [1.29, 1.82) is 0 Å². The van der Waals surface area contributed by atoms with Crippen molar-refractivity contribution < 1.29 is 0 Å². The Morgan fingerprint density at radius 3 is 2.67 bits per heavy atom. The average Bonchev–Trinajstić information content (AvgIpc) is 3.07. The van der Waals surface area contributed by atoms with Crippen LogP contribution in [-0.2, 0) is 6.42 Å². The van der Waals surface area contributed by atoms with Gasteiger partial charge in [-0.2, -0.15) is 0 Å². The molecule has 1 aliphatic heterocycles. The van der Waals surface area contributed by atoms with Crippen LogP contribution in [0.15, 0.2) is 34.2 Å². The SMILES string of the molecule is Cc1c(Cc2ccc(Cl)cc2)nc(SCCN2CCCC2)[nH]c1=O. The van der Waals surface area contributed by atoms with Crippen molar-refractivity contribution in [2.24, 2.45) is 0 Å². The number of rotatable bonds is 6. The van der Waals surface area contributed by atoms with Crippen LogP contribution >= 0.6 is 23.4 Å². The van der Waals surface area contributed by atoms with Gasteiger partial charge in [-0.05, 0) is 50.6 Å². The molecule has 0 spiro atoms. The molecule has 1 aromatic heterocycles. The second kappa shape index (κ2) is 8.19. The zero-order chi connectivity index (χ0) is 16.9. The van der Waals surface area contributed by atoms with Crippen molar-refractivity contribution in [2.45, 2.75) is 31.3 Å². The normalized spacial score (nSPS) is 15.1. The molecule has 4 nitrogen and oxygen atoms in total. The van der Waals surface area contributed by atoms with Gasteiger partial charge in [0.15, 0.2) is 5.16 Å². The van der Waals surface area contributed by atoms with Crippen molar-refractivity contribution in [3.63, 3.8) is 0 Å². The van der Waals surface area contributed by atoms with E-state index in [-0.39, 0.29) is 5.56 Å². The lowest BCUT2D eigenvalue weighted by Crippen LogP contribution is -2.22. The molecule has 128 valence electrons. The molecule has 0 radical (unpaired) electrons. The summed E-state index contributed by atoms with van der Waals surface area (Å²) in [5.74, 6) is 0.951. The highest BCUT2D eigenvalue weighted by atomic mass is 35.5. The number of benzene rings is 1. The van der Waals surface area contributed by atoms with Crippen LogP contribution in [-0.4, -0.2) is 40.3 Å². The van der Waals surface area contributed by atoms with E-state index in [0.717, 1.165) is 23.6 Å². The fourth-order valence-corrected chi connectivity index (χ4v) is 3.88. The largest absolute Gasteiger partial charge is 0.303 e. The molecule has 0 aliphatic carbocycles.